The van der Waals surface area contributed by atoms with Crippen LogP contribution in [0.1, 0.15) is 30.3 Å². The number of hydrogen-bond acceptors (Lipinski definition) is 6. The fraction of sp³-hybridized carbons (Fsp3) is 0.294. The van der Waals surface area contributed by atoms with E-state index >= 15 is 0 Å². The molecule has 0 amide bonds. The Kier molecular flexibility index (Phi) is 4.44. The molecule has 1 aliphatic rings. The van der Waals surface area contributed by atoms with Gasteiger partial charge >= 0.3 is 12.1 Å². The van der Waals surface area contributed by atoms with Crippen molar-refractivity contribution in [1.29, 1.82) is 0 Å². The van der Waals surface area contributed by atoms with Crippen molar-refractivity contribution in [3.8, 4) is 11.4 Å². The van der Waals surface area contributed by atoms with E-state index < -0.39 is 29.7 Å². The highest BCUT2D eigenvalue weighted by atomic mass is 19.4. The summed E-state index contributed by atoms with van der Waals surface area (Å²) in [6.07, 6.45) is -0.766. The van der Waals surface area contributed by atoms with Gasteiger partial charge in [-0.05, 0) is 30.9 Å². The lowest BCUT2D eigenvalue weighted by Crippen LogP contribution is -2.18. The molecule has 0 radical (unpaired) electrons. The van der Waals surface area contributed by atoms with Gasteiger partial charge in [-0.2, -0.15) is 18.2 Å². The first-order valence-corrected chi connectivity index (χ1v) is 8.26. The molecule has 0 bridgehead atoms. The second-order valence-corrected chi connectivity index (χ2v) is 6.31. The number of nitrogens with one attached hydrogen (secondary N) is 1. The van der Waals surface area contributed by atoms with Gasteiger partial charge in [0.15, 0.2) is 0 Å². The fourth-order valence-corrected chi connectivity index (χ4v) is 2.78. The minimum atomic E-state index is -4.76. The Morgan fingerprint density at radius 1 is 1.07 bits per heavy atom. The lowest BCUT2D eigenvalue weighted by molar-refractivity contribution is -0.159. The van der Waals surface area contributed by atoms with Crippen molar-refractivity contribution in [2.24, 2.45) is 5.92 Å². The molecule has 28 heavy (non-hydrogen) atoms. The SMILES string of the molecule is Fc1cccc(F)c1C(Nc1ncc(-c2noc(C(F)(F)F)n2)cn1)C1CC1. The average Bonchev–Trinajstić information content (AvgIpc) is 3.35. The van der Waals surface area contributed by atoms with Crippen LogP contribution < -0.4 is 5.32 Å². The van der Waals surface area contributed by atoms with Gasteiger partial charge in [-0.25, -0.2) is 18.7 Å². The molecule has 6 nitrogen and oxygen atoms in total. The molecule has 11 heteroatoms. The highest BCUT2D eigenvalue weighted by Gasteiger charge is 2.39. The predicted molar refractivity (Wildman–Crippen MR) is 85.8 cm³/mol. The van der Waals surface area contributed by atoms with Crippen molar-refractivity contribution < 1.29 is 26.5 Å². The highest BCUT2D eigenvalue weighted by Crippen LogP contribution is 2.44. The van der Waals surface area contributed by atoms with Gasteiger partial charge in [0.2, 0.25) is 11.8 Å². The van der Waals surface area contributed by atoms with Crippen LogP contribution in [-0.2, 0) is 6.18 Å². The van der Waals surface area contributed by atoms with Crippen molar-refractivity contribution in [3.05, 3.63) is 53.7 Å². The summed E-state index contributed by atoms with van der Waals surface area (Å²) in [6.45, 7) is 0. The van der Waals surface area contributed by atoms with Crippen LogP contribution in [-0.4, -0.2) is 20.1 Å². The molecule has 2 aromatic heterocycles. The molecule has 146 valence electrons. The van der Waals surface area contributed by atoms with E-state index in [0.29, 0.717) is 0 Å². The van der Waals surface area contributed by atoms with Gasteiger partial charge in [-0.15, -0.1) is 0 Å². The first kappa shape index (κ1) is 18.3. The molecule has 1 saturated carbocycles. The van der Waals surface area contributed by atoms with E-state index in [2.05, 4.69) is 29.9 Å². The minimum absolute atomic E-state index is 0.0289. The van der Waals surface area contributed by atoms with Gasteiger partial charge in [0.1, 0.15) is 11.6 Å². The van der Waals surface area contributed by atoms with E-state index in [9.17, 15) is 22.0 Å². The first-order chi connectivity index (χ1) is 13.3. The van der Waals surface area contributed by atoms with Crippen LogP contribution >= 0.6 is 0 Å². The number of halogens is 5. The number of benzene rings is 1. The summed E-state index contributed by atoms with van der Waals surface area (Å²) in [4.78, 5) is 11.2. The quantitative estimate of drug-likeness (QED) is 0.644. The normalized spacial score (nSPS) is 15.5. The molecule has 0 spiro atoms. The maximum Gasteiger partial charge on any atom is 0.471 e. The molecular weight excluding hydrogens is 385 g/mol. The summed E-state index contributed by atoms with van der Waals surface area (Å²) in [5.74, 6) is -3.05. The first-order valence-electron chi connectivity index (χ1n) is 8.26. The van der Waals surface area contributed by atoms with Crippen molar-refractivity contribution in [1.82, 2.24) is 20.1 Å². The predicted octanol–water partition coefficient (Wildman–Crippen LogP) is 4.39. The van der Waals surface area contributed by atoms with E-state index in [0.717, 1.165) is 12.8 Å². The molecule has 0 aliphatic heterocycles. The molecule has 4 rings (SSSR count). The van der Waals surface area contributed by atoms with Gasteiger partial charge in [0.25, 0.3) is 0 Å². The van der Waals surface area contributed by atoms with Crippen LogP contribution in [0.2, 0.25) is 0 Å². The number of nitrogens with zero attached hydrogens (tertiary/aromatic N) is 4. The van der Waals surface area contributed by atoms with Gasteiger partial charge in [0, 0.05) is 18.0 Å². The van der Waals surface area contributed by atoms with E-state index in [1.165, 1.54) is 30.6 Å². The van der Waals surface area contributed by atoms with Gasteiger partial charge < -0.3 is 9.84 Å². The molecule has 3 aromatic rings. The van der Waals surface area contributed by atoms with Gasteiger partial charge in [-0.3, -0.25) is 0 Å². The minimum Gasteiger partial charge on any atom is -0.347 e. The van der Waals surface area contributed by atoms with Crippen LogP contribution in [0.3, 0.4) is 0 Å². The molecular formula is C17H12F5N5O. The molecule has 1 aromatic carbocycles. The molecule has 1 aliphatic carbocycles. The zero-order valence-corrected chi connectivity index (χ0v) is 14.0. The maximum atomic E-state index is 14.1. The average molecular weight is 397 g/mol. The Hall–Kier alpha value is -3.11. The molecule has 1 atom stereocenters. The van der Waals surface area contributed by atoms with E-state index in [1.807, 2.05) is 0 Å². The second kappa shape index (κ2) is 6.80. The Morgan fingerprint density at radius 2 is 1.71 bits per heavy atom. The Balaban J connectivity index is 1.56. The lowest BCUT2D eigenvalue weighted by atomic mass is 10.0. The van der Waals surface area contributed by atoms with Gasteiger partial charge in [-0.1, -0.05) is 11.2 Å². The number of anilines is 1. The molecule has 2 heterocycles. The largest absolute Gasteiger partial charge is 0.471 e. The Bertz CT molecular complexity index is 964. The summed E-state index contributed by atoms with van der Waals surface area (Å²) in [5.41, 5.74) is 0.00973. The smallest absolute Gasteiger partial charge is 0.347 e. The van der Waals surface area contributed by atoms with Crippen molar-refractivity contribution in [2.75, 3.05) is 5.32 Å². The van der Waals surface area contributed by atoms with Crippen LogP contribution in [0.4, 0.5) is 27.9 Å². The van der Waals surface area contributed by atoms with Crippen molar-refractivity contribution in [2.45, 2.75) is 25.1 Å². The maximum absolute atomic E-state index is 14.1. The number of alkyl halides is 3. The molecule has 0 saturated heterocycles. The molecule has 1 N–H and O–H groups in total. The topological polar surface area (TPSA) is 76.7 Å². The van der Waals surface area contributed by atoms with Crippen LogP contribution in [0, 0.1) is 17.6 Å². The van der Waals surface area contributed by atoms with Crippen molar-refractivity contribution in [3.63, 3.8) is 0 Å². The third kappa shape index (κ3) is 3.64. The monoisotopic (exact) mass is 397 g/mol. The molecule has 1 unspecified atom stereocenters. The zero-order valence-electron chi connectivity index (χ0n) is 14.0. The summed E-state index contributed by atoms with van der Waals surface area (Å²) in [6, 6.07) is 2.97. The van der Waals surface area contributed by atoms with Gasteiger partial charge in [0.05, 0.1) is 11.6 Å². The number of hydrogen-bond donors (Lipinski definition) is 1. The van der Waals surface area contributed by atoms with Crippen LogP contribution in [0.25, 0.3) is 11.4 Å². The fourth-order valence-electron chi connectivity index (χ4n) is 2.78. The summed E-state index contributed by atoms with van der Waals surface area (Å²) >= 11 is 0. The van der Waals surface area contributed by atoms with Crippen molar-refractivity contribution >= 4 is 5.95 Å². The third-order valence-electron chi connectivity index (χ3n) is 4.27. The molecule has 1 fully saturated rings. The third-order valence-corrected chi connectivity index (χ3v) is 4.27. The van der Waals surface area contributed by atoms with Crippen LogP contribution in [0.15, 0.2) is 35.1 Å². The number of aromatic nitrogens is 4. The van der Waals surface area contributed by atoms with Crippen LogP contribution in [0.5, 0.6) is 0 Å². The standard InChI is InChI=1S/C17H12F5N5O/c18-10-2-1-3-11(19)12(10)13(8-4-5-8)25-16-23-6-9(7-24-16)14-26-15(28-27-14)17(20,21)22/h1-3,6-8,13H,4-5H2,(H,23,24,25). The number of rotatable bonds is 5. The summed E-state index contributed by atoms with van der Waals surface area (Å²) in [5, 5.41) is 6.15. The second-order valence-electron chi connectivity index (χ2n) is 6.31. The Labute approximate surface area is 154 Å². The zero-order chi connectivity index (χ0) is 19.9. The highest BCUT2D eigenvalue weighted by molar-refractivity contribution is 5.52. The van der Waals surface area contributed by atoms with E-state index in [1.54, 1.807) is 0 Å². The summed E-state index contributed by atoms with van der Waals surface area (Å²) in [7, 11) is 0. The summed E-state index contributed by atoms with van der Waals surface area (Å²) < 4.78 is 70.0. The Morgan fingerprint density at radius 3 is 2.25 bits per heavy atom. The van der Waals surface area contributed by atoms with E-state index in [-0.39, 0.29) is 28.8 Å². The lowest BCUT2D eigenvalue weighted by Gasteiger charge is -2.20. The van der Waals surface area contributed by atoms with E-state index in [4.69, 9.17) is 0 Å².